The zero-order valence-electron chi connectivity index (χ0n) is 10.1. The summed E-state index contributed by atoms with van der Waals surface area (Å²) in [5.74, 6) is 2.48. The molecule has 5 nitrogen and oxygen atoms in total. The number of nitrogens with zero attached hydrogens (tertiary/aromatic N) is 1. The summed E-state index contributed by atoms with van der Waals surface area (Å²) in [5.41, 5.74) is 0. The Morgan fingerprint density at radius 3 is 2.89 bits per heavy atom. The Hall–Kier alpha value is -0.560. The van der Waals surface area contributed by atoms with Crippen LogP contribution in [0.2, 0.25) is 0 Å². The molecule has 0 bridgehead atoms. The van der Waals surface area contributed by atoms with Crippen molar-refractivity contribution in [3.8, 4) is 0 Å². The van der Waals surface area contributed by atoms with Crippen molar-refractivity contribution < 1.29 is 14.7 Å². The Labute approximate surface area is 115 Å². The highest BCUT2D eigenvalue weighted by Crippen LogP contribution is 2.23. The highest BCUT2D eigenvalue weighted by Gasteiger charge is 2.34. The van der Waals surface area contributed by atoms with Crippen LogP contribution < -0.4 is 5.32 Å². The number of carbonyl (C=O) groups excluding carboxylic acids is 1. The van der Waals surface area contributed by atoms with E-state index in [1.165, 1.54) is 10.7 Å². The fourth-order valence-corrected chi connectivity index (χ4v) is 4.84. The second-order valence-corrected chi connectivity index (χ2v) is 7.00. The van der Waals surface area contributed by atoms with E-state index in [2.05, 4.69) is 5.32 Å². The SMILES string of the molecule is O=C(O)C1CCCN1C(=O)NCC1CSCCS1. The molecule has 2 aliphatic rings. The molecule has 2 heterocycles. The third-order valence-electron chi connectivity index (χ3n) is 3.16. The quantitative estimate of drug-likeness (QED) is 0.814. The molecule has 18 heavy (non-hydrogen) atoms. The molecule has 0 spiro atoms. The van der Waals surface area contributed by atoms with Gasteiger partial charge in [0.1, 0.15) is 6.04 Å². The van der Waals surface area contributed by atoms with Crippen molar-refractivity contribution in [1.82, 2.24) is 10.2 Å². The molecule has 2 unspecified atom stereocenters. The van der Waals surface area contributed by atoms with Crippen LogP contribution in [0.25, 0.3) is 0 Å². The van der Waals surface area contributed by atoms with Crippen LogP contribution in [0, 0.1) is 0 Å². The summed E-state index contributed by atoms with van der Waals surface area (Å²) in [6, 6.07) is -0.866. The predicted molar refractivity (Wildman–Crippen MR) is 74.3 cm³/mol. The fraction of sp³-hybridized carbons (Fsp3) is 0.818. The number of likely N-dealkylation sites (tertiary alicyclic amines) is 1. The van der Waals surface area contributed by atoms with Crippen molar-refractivity contribution in [1.29, 1.82) is 0 Å². The van der Waals surface area contributed by atoms with Gasteiger partial charge >= 0.3 is 12.0 Å². The van der Waals surface area contributed by atoms with Gasteiger partial charge in [0.05, 0.1) is 0 Å². The zero-order valence-corrected chi connectivity index (χ0v) is 11.8. The summed E-state index contributed by atoms with van der Waals surface area (Å²) < 4.78 is 0. The van der Waals surface area contributed by atoms with Crippen molar-refractivity contribution >= 4 is 35.5 Å². The van der Waals surface area contributed by atoms with Crippen LogP contribution in [0.15, 0.2) is 0 Å². The minimum absolute atomic E-state index is 0.226. The molecular formula is C11H18N2O3S2. The molecule has 2 saturated heterocycles. The minimum Gasteiger partial charge on any atom is -0.480 e. The van der Waals surface area contributed by atoms with Crippen molar-refractivity contribution in [3.63, 3.8) is 0 Å². The molecule has 2 N–H and O–H groups in total. The summed E-state index contributed by atoms with van der Waals surface area (Å²) in [7, 11) is 0. The van der Waals surface area contributed by atoms with Crippen molar-refractivity contribution in [2.45, 2.75) is 24.1 Å². The first-order chi connectivity index (χ1) is 8.68. The highest BCUT2D eigenvalue weighted by molar-refractivity contribution is 8.06. The lowest BCUT2D eigenvalue weighted by atomic mass is 10.2. The number of carboxylic acid groups (broad SMARTS) is 1. The summed E-state index contributed by atoms with van der Waals surface area (Å²) in [6.45, 7) is 1.19. The van der Waals surface area contributed by atoms with Gasteiger partial charge in [-0.25, -0.2) is 9.59 Å². The van der Waals surface area contributed by atoms with Crippen LogP contribution in [0.4, 0.5) is 4.79 Å². The largest absolute Gasteiger partial charge is 0.480 e. The Balaban J connectivity index is 1.78. The predicted octanol–water partition coefficient (Wildman–Crippen LogP) is 1.09. The molecule has 0 aliphatic carbocycles. The van der Waals surface area contributed by atoms with E-state index in [0.29, 0.717) is 24.8 Å². The van der Waals surface area contributed by atoms with Crippen molar-refractivity contribution in [3.05, 3.63) is 0 Å². The van der Waals surface area contributed by atoms with Gasteiger partial charge in [-0.1, -0.05) is 0 Å². The van der Waals surface area contributed by atoms with E-state index in [-0.39, 0.29) is 6.03 Å². The van der Waals surface area contributed by atoms with Crippen molar-refractivity contribution in [2.24, 2.45) is 0 Å². The first-order valence-electron chi connectivity index (χ1n) is 6.15. The lowest BCUT2D eigenvalue weighted by molar-refractivity contribution is -0.141. The van der Waals surface area contributed by atoms with Gasteiger partial charge in [-0.15, -0.1) is 0 Å². The molecular weight excluding hydrogens is 272 g/mol. The van der Waals surface area contributed by atoms with Gasteiger partial charge in [-0.2, -0.15) is 23.5 Å². The smallest absolute Gasteiger partial charge is 0.326 e. The Kier molecular flexibility index (Phi) is 5.05. The number of aliphatic carboxylic acids is 1. The Morgan fingerprint density at radius 2 is 2.22 bits per heavy atom. The number of hydrogen-bond acceptors (Lipinski definition) is 4. The number of carbonyl (C=O) groups is 2. The van der Waals surface area contributed by atoms with Crippen LogP contribution >= 0.6 is 23.5 Å². The van der Waals surface area contributed by atoms with Crippen LogP contribution in [-0.4, -0.2) is 63.6 Å². The fourth-order valence-electron chi connectivity index (χ4n) is 2.22. The molecule has 2 atom stereocenters. The second kappa shape index (κ2) is 6.56. The van der Waals surface area contributed by atoms with E-state index in [0.717, 1.165) is 17.9 Å². The van der Waals surface area contributed by atoms with Gasteiger partial charge in [0.15, 0.2) is 0 Å². The maximum atomic E-state index is 11.9. The number of hydrogen-bond donors (Lipinski definition) is 2. The maximum absolute atomic E-state index is 11.9. The second-order valence-electron chi connectivity index (χ2n) is 4.44. The average Bonchev–Trinajstić information content (AvgIpc) is 2.86. The minimum atomic E-state index is -0.898. The Bertz CT molecular complexity index is 321. The van der Waals surface area contributed by atoms with Crippen LogP contribution in [0.1, 0.15) is 12.8 Å². The molecule has 2 amide bonds. The lowest BCUT2D eigenvalue weighted by Crippen LogP contribution is -2.47. The van der Waals surface area contributed by atoms with E-state index in [4.69, 9.17) is 5.11 Å². The summed E-state index contributed by atoms with van der Waals surface area (Å²) >= 11 is 3.80. The van der Waals surface area contributed by atoms with E-state index < -0.39 is 12.0 Å². The number of rotatable bonds is 3. The van der Waals surface area contributed by atoms with Crippen LogP contribution in [0.5, 0.6) is 0 Å². The van der Waals surface area contributed by atoms with Gasteiger partial charge in [0.2, 0.25) is 0 Å². The first kappa shape index (κ1) is 13.9. The van der Waals surface area contributed by atoms with Gasteiger partial charge in [0, 0.05) is 35.6 Å². The third kappa shape index (κ3) is 3.47. The monoisotopic (exact) mass is 290 g/mol. The van der Waals surface area contributed by atoms with E-state index in [1.54, 1.807) is 0 Å². The average molecular weight is 290 g/mol. The zero-order chi connectivity index (χ0) is 13.0. The van der Waals surface area contributed by atoms with Gasteiger partial charge < -0.3 is 15.3 Å². The maximum Gasteiger partial charge on any atom is 0.326 e. The molecule has 2 rings (SSSR count). The molecule has 7 heteroatoms. The molecule has 0 aromatic rings. The highest BCUT2D eigenvalue weighted by atomic mass is 32.2. The third-order valence-corrected chi connectivity index (χ3v) is 6.01. The number of amides is 2. The number of nitrogens with one attached hydrogen (secondary N) is 1. The molecule has 2 aliphatic heterocycles. The molecule has 0 aromatic heterocycles. The lowest BCUT2D eigenvalue weighted by Gasteiger charge is -2.25. The van der Waals surface area contributed by atoms with Gasteiger partial charge in [-0.05, 0) is 12.8 Å². The Morgan fingerprint density at radius 1 is 1.39 bits per heavy atom. The number of thioether (sulfide) groups is 2. The van der Waals surface area contributed by atoms with E-state index >= 15 is 0 Å². The standard InChI is InChI=1S/C11H18N2O3S2/c14-10(15)9-2-1-3-13(9)11(16)12-6-8-7-17-4-5-18-8/h8-9H,1-7H2,(H,12,16)(H,14,15). The molecule has 0 radical (unpaired) electrons. The molecule has 2 fully saturated rings. The van der Waals surface area contributed by atoms with E-state index in [9.17, 15) is 9.59 Å². The topological polar surface area (TPSA) is 69.6 Å². The van der Waals surface area contributed by atoms with E-state index in [1.807, 2.05) is 23.5 Å². The summed E-state index contributed by atoms with van der Waals surface area (Å²) in [6.07, 6.45) is 1.34. The normalized spacial score (nSPS) is 28.1. The molecule has 0 aromatic carbocycles. The molecule has 102 valence electrons. The van der Waals surface area contributed by atoms with Crippen LogP contribution in [-0.2, 0) is 4.79 Å². The van der Waals surface area contributed by atoms with Gasteiger partial charge in [0.25, 0.3) is 0 Å². The van der Waals surface area contributed by atoms with Crippen molar-refractivity contribution in [2.75, 3.05) is 30.3 Å². The van der Waals surface area contributed by atoms with Crippen LogP contribution in [0.3, 0.4) is 0 Å². The van der Waals surface area contributed by atoms with Gasteiger partial charge in [-0.3, -0.25) is 0 Å². The summed E-state index contributed by atoms with van der Waals surface area (Å²) in [5, 5.41) is 12.3. The first-order valence-corrected chi connectivity index (χ1v) is 8.35. The molecule has 0 saturated carbocycles. The summed E-state index contributed by atoms with van der Waals surface area (Å²) in [4.78, 5) is 24.4. The number of carboxylic acids is 1. The number of urea groups is 1.